The van der Waals surface area contributed by atoms with Gasteiger partial charge >= 0.3 is 6.18 Å². The SMILES string of the molecule is CNC(=O)c1cccc(-c2nsc(C(=O)Nc3ccnc(C(F)(F)F)c3)c2C2CC2)c1. The minimum atomic E-state index is -4.60. The highest BCUT2D eigenvalue weighted by molar-refractivity contribution is 7.08. The molecule has 10 heteroatoms. The maximum Gasteiger partial charge on any atom is 0.433 e. The lowest BCUT2D eigenvalue weighted by molar-refractivity contribution is -0.141. The smallest absolute Gasteiger partial charge is 0.355 e. The Labute approximate surface area is 179 Å². The third kappa shape index (κ3) is 4.43. The molecule has 1 aliphatic carbocycles. The second-order valence-corrected chi connectivity index (χ2v) is 7.86. The molecule has 1 saturated carbocycles. The number of halogens is 3. The summed E-state index contributed by atoms with van der Waals surface area (Å²) in [6.07, 6.45) is -1.81. The van der Waals surface area contributed by atoms with Gasteiger partial charge in [0.05, 0.1) is 5.69 Å². The Morgan fingerprint density at radius 3 is 2.58 bits per heavy atom. The minimum absolute atomic E-state index is 0.00522. The van der Waals surface area contributed by atoms with Crippen LogP contribution in [-0.4, -0.2) is 28.2 Å². The molecule has 2 aromatic heterocycles. The van der Waals surface area contributed by atoms with E-state index in [4.69, 9.17) is 0 Å². The van der Waals surface area contributed by atoms with E-state index in [1.807, 2.05) is 6.07 Å². The number of hydrogen-bond donors (Lipinski definition) is 2. The molecule has 0 unspecified atom stereocenters. The fourth-order valence-corrected chi connectivity index (χ4v) is 4.11. The lowest BCUT2D eigenvalue weighted by atomic mass is 10.0. The first-order valence-electron chi connectivity index (χ1n) is 9.44. The Hall–Kier alpha value is -3.27. The zero-order valence-corrected chi connectivity index (χ0v) is 17.1. The summed E-state index contributed by atoms with van der Waals surface area (Å²) in [4.78, 5) is 28.5. The Kier molecular flexibility index (Phi) is 5.48. The van der Waals surface area contributed by atoms with Crippen molar-refractivity contribution in [3.05, 3.63) is 64.3 Å². The van der Waals surface area contributed by atoms with Crippen LogP contribution in [-0.2, 0) is 6.18 Å². The molecular formula is C21H17F3N4O2S. The molecule has 3 aromatic rings. The van der Waals surface area contributed by atoms with Gasteiger partial charge in [-0.15, -0.1) is 0 Å². The van der Waals surface area contributed by atoms with Crippen molar-refractivity contribution in [3.63, 3.8) is 0 Å². The van der Waals surface area contributed by atoms with E-state index >= 15 is 0 Å². The van der Waals surface area contributed by atoms with E-state index in [1.165, 1.54) is 6.07 Å². The predicted molar refractivity (Wildman–Crippen MR) is 110 cm³/mol. The van der Waals surface area contributed by atoms with Gasteiger partial charge in [-0.25, -0.2) is 0 Å². The van der Waals surface area contributed by atoms with Gasteiger partial charge in [0.15, 0.2) is 0 Å². The van der Waals surface area contributed by atoms with Crippen LogP contribution in [0.15, 0.2) is 42.6 Å². The molecular weight excluding hydrogens is 429 g/mol. The fourth-order valence-electron chi connectivity index (χ4n) is 3.22. The lowest BCUT2D eigenvalue weighted by Crippen LogP contribution is -2.17. The number of hydrogen-bond acceptors (Lipinski definition) is 5. The molecule has 2 N–H and O–H groups in total. The molecule has 0 spiro atoms. The highest BCUT2D eigenvalue weighted by Crippen LogP contribution is 2.47. The first-order chi connectivity index (χ1) is 14.8. The van der Waals surface area contributed by atoms with Crippen LogP contribution in [0.4, 0.5) is 18.9 Å². The van der Waals surface area contributed by atoms with Gasteiger partial charge in [0.25, 0.3) is 11.8 Å². The van der Waals surface area contributed by atoms with Crippen LogP contribution in [0.5, 0.6) is 0 Å². The van der Waals surface area contributed by atoms with E-state index in [-0.39, 0.29) is 17.5 Å². The molecule has 31 heavy (non-hydrogen) atoms. The van der Waals surface area contributed by atoms with Gasteiger partial charge < -0.3 is 10.6 Å². The van der Waals surface area contributed by atoms with Crippen molar-refractivity contribution in [2.45, 2.75) is 24.9 Å². The van der Waals surface area contributed by atoms with Crippen molar-refractivity contribution in [1.82, 2.24) is 14.7 Å². The number of carbonyl (C=O) groups is 2. The zero-order valence-electron chi connectivity index (χ0n) is 16.3. The number of alkyl halides is 3. The molecule has 1 aliphatic rings. The average Bonchev–Trinajstić information content (AvgIpc) is 3.50. The Bertz CT molecular complexity index is 1160. The van der Waals surface area contributed by atoms with E-state index in [9.17, 15) is 22.8 Å². The number of pyridine rings is 1. The van der Waals surface area contributed by atoms with Crippen molar-refractivity contribution in [3.8, 4) is 11.3 Å². The largest absolute Gasteiger partial charge is 0.433 e. The number of carbonyl (C=O) groups excluding carboxylic acids is 2. The zero-order chi connectivity index (χ0) is 22.2. The van der Waals surface area contributed by atoms with Gasteiger partial charge in [-0.3, -0.25) is 14.6 Å². The van der Waals surface area contributed by atoms with Crippen molar-refractivity contribution >= 4 is 29.0 Å². The maximum absolute atomic E-state index is 12.9. The summed E-state index contributed by atoms with van der Waals surface area (Å²) in [7, 11) is 1.54. The number of amides is 2. The number of anilines is 1. The van der Waals surface area contributed by atoms with Crippen LogP contribution in [0.3, 0.4) is 0 Å². The standard InChI is InChI=1S/C21H17F3N4O2S/c1-25-19(29)13-4-2-3-12(9-13)17-16(11-5-6-11)18(31-28-17)20(30)27-14-7-8-26-15(10-14)21(22,23)24/h2-4,7-11H,5-6H2,1H3,(H,25,29)(H,26,27,30). The lowest BCUT2D eigenvalue weighted by Gasteiger charge is -2.10. The highest BCUT2D eigenvalue weighted by Gasteiger charge is 2.35. The fraction of sp³-hybridized carbons (Fsp3) is 0.238. The molecule has 0 saturated heterocycles. The van der Waals surface area contributed by atoms with Gasteiger partial charge in [-0.05, 0) is 54.6 Å². The second-order valence-electron chi connectivity index (χ2n) is 7.09. The highest BCUT2D eigenvalue weighted by atomic mass is 32.1. The van der Waals surface area contributed by atoms with Crippen LogP contribution in [0, 0.1) is 0 Å². The Balaban J connectivity index is 1.66. The molecule has 6 nitrogen and oxygen atoms in total. The Morgan fingerprint density at radius 2 is 1.90 bits per heavy atom. The van der Waals surface area contributed by atoms with Crippen molar-refractivity contribution in [2.75, 3.05) is 12.4 Å². The van der Waals surface area contributed by atoms with Crippen LogP contribution < -0.4 is 10.6 Å². The number of aromatic nitrogens is 2. The summed E-state index contributed by atoms with van der Waals surface area (Å²) < 4.78 is 43.2. The predicted octanol–water partition coefficient (Wildman–Crippen LogP) is 4.71. The average molecular weight is 446 g/mol. The van der Waals surface area contributed by atoms with Crippen molar-refractivity contribution in [2.24, 2.45) is 0 Å². The van der Waals surface area contributed by atoms with E-state index in [1.54, 1.807) is 25.2 Å². The summed E-state index contributed by atoms with van der Waals surface area (Å²) in [5.74, 6) is -0.602. The first-order valence-corrected chi connectivity index (χ1v) is 10.2. The van der Waals surface area contributed by atoms with E-state index in [0.29, 0.717) is 21.7 Å². The molecule has 1 fully saturated rings. The van der Waals surface area contributed by atoms with Gasteiger partial charge in [0.1, 0.15) is 10.6 Å². The maximum atomic E-state index is 12.9. The topological polar surface area (TPSA) is 84.0 Å². The number of rotatable bonds is 5. The third-order valence-corrected chi connectivity index (χ3v) is 5.72. The summed E-state index contributed by atoms with van der Waals surface area (Å²) in [6.45, 7) is 0. The molecule has 0 aliphatic heterocycles. The molecule has 1 aromatic carbocycles. The van der Waals surface area contributed by atoms with Crippen LogP contribution >= 0.6 is 11.5 Å². The van der Waals surface area contributed by atoms with E-state index < -0.39 is 17.8 Å². The summed E-state index contributed by atoms with van der Waals surface area (Å²) >= 11 is 0.996. The second kappa shape index (κ2) is 8.10. The van der Waals surface area contributed by atoms with Crippen molar-refractivity contribution in [1.29, 1.82) is 0 Å². The van der Waals surface area contributed by atoms with E-state index in [0.717, 1.165) is 42.2 Å². The Morgan fingerprint density at radius 1 is 1.13 bits per heavy atom. The van der Waals surface area contributed by atoms with Crippen LogP contribution in [0.2, 0.25) is 0 Å². The van der Waals surface area contributed by atoms with E-state index in [2.05, 4.69) is 20.0 Å². The normalized spacial score (nSPS) is 13.7. The monoisotopic (exact) mass is 446 g/mol. The molecule has 0 atom stereocenters. The van der Waals surface area contributed by atoms with Gasteiger partial charge in [0.2, 0.25) is 0 Å². The van der Waals surface area contributed by atoms with Gasteiger partial charge in [-0.1, -0.05) is 12.1 Å². The summed E-state index contributed by atoms with van der Waals surface area (Å²) in [5.41, 5.74) is 1.49. The molecule has 0 radical (unpaired) electrons. The van der Waals surface area contributed by atoms with Crippen molar-refractivity contribution < 1.29 is 22.8 Å². The first kappa shape index (κ1) is 21.0. The number of nitrogens with one attached hydrogen (secondary N) is 2. The van der Waals surface area contributed by atoms with Crippen LogP contribution in [0.25, 0.3) is 11.3 Å². The summed E-state index contributed by atoms with van der Waals surface area (Å²) in [6, 6.07) is 9.04. The third-order valence-electron chi connectivity index (χ3n) is 4.85. The minimum Gasteiger partial charge on any atom is -0.355 e. The molecule has 2 amide bonds. The van der Waals surface area contributed by atoms with Crippen LogP contribution in [0.1, 0.15) is 50.0 Å². The molecule has 0 bridgehead atoms. The quantitative estimate of drug-likeness (QED) is 0.594. The molecule has 4 rings (SSSR count). The number of nitrogens with zero attached hydrogens (tertiary/aromatic N) is 2. The van der Waals surface area contributed by atoms with Gasteiger partial charge in [-0.2, -0.15) is 17.5 Å². The molecule has 160 valence electrons. The van der Waals surface area contributed by atoms with Gasteiger partial charge in [0, 0.05) is 35.6 Å². The summed E-state index contributed by atoms with van der Waals surface area (Å²) in [5, 5.41) is 5.09. The molecule has 2 heterocycles. The number of benzene rings is 1.